The molecule has 2 aliphatic rings. The van der Waals surface area contributed by atoms with Gasteiger partial charge in [-0.2, -0.15) is 0 Å². The van der Waals surface area contributed by atoms with Gasteiger partial charge in [0.25, 0.3) is 0 Å². The zero-order chi connectivity index (χ0) is 9.80. The number of allylic oxidation sites excluding steroid dienone is 12. The Morgan fingerprint density at radius 2 is 1.43 bits per heavy atom. The fourth-order valence-corrected chi connectivity index (χ4v) is 1.37. The lowest BCUT2D eigenvalue weighted by atomic mass is 10.2. The molecular formula is C14H14. The van der Waals surface area contributed by atoms with Crippen LogP contribution in [-0.4, -0.2) is 0 Å². The summed E-state index contributed by atoms with van der Waals surface area (Å²) in [5, 5.41) is 0. The molecule has 2 aliphatic carbocycles. The Bertz CT molecular complexity index is 392. The summed E-state index contributed by atoms with van der Waals surface area (Å²) in [4.78, 5) is 0. The molecule has 70 valence electrons. The van der Waals surface area contributed by atoms with Crippen LogP contribution in [0, 0.1) is 0 Å². The molecule has 0 aromatic heterocycles. The fraction of sp³-hybridized carbons (Fsp3) is 0.143. The van der Waals surface area contributed by atoms with Crippen molar-refractivity contribution in [2.24, 2.45) is 0 Å². The van der Waals surface area contributed by atoms with Gasteiger partial charge in [0, 0.05) is 0 Å². The van der Waals surface area contributed by atoms with E-state index in [9.17, 15) is 0 Å². The second kappa shape index (κ2) is 4.10. The molecule has 0 fully saturated rings. The van der Waals surface area contributed by atoms with E-state index in [1.165, 1.54) is 16.7 Å². The third kappa shape index (κ3) is 2.46. The topological polar surface area (TPSA) is 0 Å². The Labute approximate surface area is 85.3 Å². The van der Waals surface area contributed by atoms with Crippen molar-refractivity contribution in [3.63, 3.8) is 0 Å². The molecule has 0 unspecified atom stereocenters. The van der Waals surface area contributed by atoms with Gasteiger partial charge in [-0.3, -0.25) is 0 Å². The smallest absolute Gasteiger partial charge is 0.00201 e. The van der Waals surface area contributed by atoms with E-state index in [2.05, 4.69) is 61.6 Å². The Hall–Kier alpha value is -1.56. The Morgan fingerprint density at radius 1 is 0.786 bits per heavy atom. The first-order valence-electron chi connectivity index (χ1n) is 4.95. The third-order valence-corrected chi connectivity index (χ3v) is 2.31. The average Bonchev–Trinajstić information content (AvgIpc) is 2.88. The standard InChI is InChI=1S/C14H14/c1-12-7-4-2-3-5-9-13-11-14(13)10-6-8-12/h2-10H,11H2,1H3. The molecule has 0 bridgehead atoms. The Balaban J connectivity index is 2.21. The SMILES string of the molecule is CC1=CC=CC2=C(C=CC=CC=C1)C2. The molecule has 0 nitrogen and oxygen atoms in total. The summed E-state index contributed by atoms with van der Waals surface area (Å²) in [5.74, 6) is 0. The molecule has 0 saturated carbocycles. The van der Waals surface area contributed by atoms with Gasteiger partial charge in [-0.05, 0) is 24.5 Å². The van der Waals surface area contributed by atoms with Gasteiger partial charge < -0.3 is 0 Å². The van der Waals surface area contributed by atoms with Gasteiger partial charge in [0.15, 0.2) is 0 Å². The number of rotatable bonds is 0. The van der Waals surface area contributed by atoms with Gasteiger partial charge in [0.2, 0.25) is 0 Å². The van der Waals surface area contributed by atoms with Gasteiger partial charge >= 0.3 is 0 Å². The molecule has 0 atom stereocenters. The lowest BCUT2D eigenvalue weighted by Gasteiger charge is -1.86. The maximum atomic E-state index is 2.20. The predicted octanol–water partition coefficient (Wildman–Crippen LogP) is 3.87. The van der Waals surface area contributed by atoms with Crippen molar-refractivity contribution in [1.29, 1.82) is 0 Å². The van der Waals surface area contributed by atoms with Crippen LogP contribution in [-0.2, 0) is 0 Å². The second-order valence-corrected chi connectivity index (χ2v) is 3.60. The highest BCUT2D eigenvalue weighted by atomic mass is 14.2. The first-order valence-corrected chi connectivity index (χ1v) is 4.95. The minimum absolute atomic E-state index is 1.15. The van der Waals surface area contributed by atoms with Crippen LogP contribution in [0.15, 0.2) is 71.4 Å². The van der Waals surface area contributed by atoms with Crippen LogP contribution < -0.4 is 0 Å². The molecule has 0 saturated heterocycles. The molecule has 0 spiro atoms. The lowest BCUT2D eigenvalue weighted by Crippen LogP contribution is -1.65. The highest BCUT2D eigenvalue weighted by Gasteiger charge is 2.14. The summed E-state index contributed by atoms with van der Waals surface area (Å²) < 4.78 is 0. The Morgan fingerprint density at radius 3 is 2.21 bits per heavy atom. The van der Waals surface area contributed by atoms with E-state index < -0.39 is 0 Å². The van der Waals surface area contributed by atoms with Crippen LogP contribution in [0.5, 0.6) is 0 Å². The molecule has 14 heavy (non-hydrogen) atoms. The van der Waals surface area contributed by atoms with Gasteiger partial charge in [0.1, 0.15) is 0 Å². The van der Waals surface area contributed by atoms with E-state index in [1.807, 2.05) is 0 Å². The summed E-state index contributed by atoms with van der Waals surface area (Å²) in [6.07, 6.45) is 20.2. The zero-order valence-corrected chi connectivity index (χ0v) is 8.40. The van der Waals surface area contributed by atoms with Crippen molar-refractivity contribution >= 4 is 0 Å². The van der Waals surface area contributed by atoms with Crippen molar-refractivity contribution in [2.75, 3.05) is 0 Å². The maximum Gasteiger partial charge on any atom is -0.00201 e. The quantitative estimate of drug-likeness (QED) is 0.533. The van der Waals surface area contributed by atoms with Crippen LogP contribution in [0.1, 0.15) is 13.3 Å². The van der Waals surface area contributed by atoms with Crippen molar-refractivity contribution in [3.05, 3.63) is 71.4 Å². The van der Waals surface area contributed by atoms with E-state index in [0.717, 1.165) is 6.42 Å². The first-order chi connectivity index (χ1) is 6.86. The van der Waals surface area contributed by atoms with E-state index in [-0.39, 0.29) is 0 Å². The summed E-state index contributed by atoms with van der Waals surface area (Å²) >= 11 is 0. The molecule has 0 aliphatic heterocycles. The normalized spacial score (nSPS) is 19.9. The predicted molar refractivity (Wildman–Crippen MR) is 62.0 cm³/mol. The van der Waals surface area contributed by atoms with Crippen LogP contribution in [0.2, 0.25) is 0 Å². The summed E-state index contributed by atoms with van der Waals surface area (Å²) in [6, 6.07) is 0. The monoisotopic (exact) mass is 182 g/mol. The molecule has 0 aromatic rings. The summed E-state index contributed by atoms with van der Waals surface area (Å²) in [7, 11) is 0. The summed E-state index contributed by atoms with van der Waals surface area (Å²) in [6.45, 7) is 2.11. The number of hydrogen-bond acceptors (Lipinski definition) is 0. The average molecular weight is 182 g/mol. The minimum atomic E-state index is 1.15. The van der Waals surface area contributed by atoms with Crippen LogP contribution in [0.25, 0.3) is 0 Å². The minimum Gasteiger partial charge on any atom is -0.0623 e. The largest absolute Gasteiger partial charge is 0.0623 e. The fourth-order valence-electron chi connectivity index (χ4n) is 1.37. The molecule has 0 heterocycles. The Kier molecular flexibility index (Phi) is 2.64. The zero-order valence-electron chi connectivity index (χ0n) is 8.40. The second-order valence-electron chi connectivity index (χ2n) is 3.60. The highest BCUT2D eigenvalue weighted by molar-refractivity contribution is 5.51. The van der Waals surface area contributed by atoms with Gasteiger partial charge in [-0.25, -0.2) is 0 Å². The molecule has 0 radical (unpaired) electrons. The number of hydrogen-bond donors (Lipinski definition) is 0. The van der Waals surface area contributed by atoms with Crippen molar-refractivity contribution in [1.82, 2.24) is 0 Å². The van der Waals surface area contributed by atoms with E-state index in [4.69, 9.17) is 0 Å². The maximum absolute atomic E-state index is 2.20. The van der Waals surface area contributed by atoms with Crippen LogP contribution >= 0.6 is 0 Å². The highest BCUT2D eigenvalue weighted by Crippen LogP contribution is 2.32. The molecule has 0 heteroatoms. The molecule has 0 amide bonds. The third-order valence-electron chi connectivity index (χ3n) is 2.31. The van der Waals surface area contributed by atoms with E-state index in [1.54, 1.807) is 0 Å². The van der Waals surface area contributed by atoms with E-state index >= 15 is 0 Å². The molecular weight excluding hydrogens is 168 g/mol. The molecule has 0 N–H and O–H groups in total. The van der Waals surface area contributed by atoms with Crippen LogP contribution in [0.3, 0.4) is 0 Å². The molecule has 0 aromatic carbocycles. The first kappa shape index (κ1) is 9.01. The van der Waals surface area contributed by atoms with Gasteiger partial charge in [0.05, 0.1) is 0 Å². The van der Waals surface area contributed by atoms with Crippen molar-refractivity contribution in [3.8, 4) is 0 Å². The van der Waals surface area contributed by atoms with Gasteiger partial charge in [-0.15, -0.1) is 0 Å². The molecule has 2 rings (SSSR count). The van der Waals surface area contributed by atoms with Crippen LogP contribution in [0.4, 0.5) is 0 Å². The van der Waals surface area contributed by atoms with Crippen molar-refractivity contribution in [2.45, 2.75) is 13.3 Å². The van der Waals surface area contributed by atoms with E-state index in [0.29, 0.717) is 0 Å². The summed E-state index contributed by atoms with van der Waals surface area (Å²) in [5.41, 5.74) is 4.20. The lowest BCUT2D eigenvalue weighted by molar-refractivity contribution is 1.51. The van der Waals surface area contributed by atoms with Crippen molar-refractivity contribution < 1.29 is 0 Å². The van der Waals surface area contributed by atoms with Gasteiger partial charge in [-0.1, -0.05) is 60.3 Å².